The Balaban J connectivity index is 1.46. The van der Waals surface area contributed by atoms with Crippen molar-refractivity contribution < 1.29 is 14.0 Å². The molecule has 30 heavy (non-hydrogen) atoms. The number of hydrogen-bond acceptors (Lipinski definition) is 3. The Labute approximate surface area is 178 Å². The predicted octanol–water partition coefficient (Wildman–Crippen LogP) is 5.38. The van der Waals surface area contributed by atoms with Gasteiger partial charge in [-0.25, -0.2) is 9.18 Å². The fourth-order valence-corrected chi connectivity index (χ4v) is 3.87. The summed E-state index contributed by atoms with van der Waals surface area (Å²) in [4.78, 5) is 28.1. The smallest absolute Gasteiger partial charge is 0.303 e. The van der Waals surface area contributed by atoms with Gasteiger partial charge in [-0.2, -0.15) is 0 Å². The minimum absolute atomic E-state index is 0.110. The van der Waals surface area contributed by atoms with E-state index in [1.165, 1.54) is 11.6 Å². The van der Waals surface area contributed by atoms with Gasteiger partial charge in [0.1, 0.15) is 11.5 Å². The van der Waals surface area contributed by atoms with E-state index in [9.17, 15) is 14.0 Å². The number of nitrogens with one attached hydrogen (secondary N) is 1. The van der Waals surface area contributed by atoms with Crippen LogP contribution in [0.15, 0.2) is 88.3 Å². The minimum Gasteiger partial charge on any atom is -0.303 e. The zero-order valence-electron chi connectivity index (χ0n) is 16.3. The van der Waals surface area contributed by atoms with Crippen LogP contribution in [0.5, 0.6) is 0 Å². The molecule has 1 aliphatic heterocycles. The lowest BCUT2D eigenvalue weighted by molar-refractivity contribution is -0.123. The first-order valence-electron chi connectivity index (χ1n) is 9.42. The van der Waals surface area contributed by atoms with Gasteiger partial charge in [0.05, 0.1) is 6.54 Å². The Morgan fingerprint density at radius 3 is 2.23 bits per heavy atom. The number of aryl methyl sites for hydroxylation is 1. The van der Waals surface area contributed by atoms with Gasteiger partial charge in [0.15, 0.2) is 0 Å². The first kappa shape index (κ1) is 19.9. The summed E-state index contributed by atoms with van der Waals surface area (Å²) in [6, 6.07) is 21.6. The van der Waals surface area contributed by atoms with Gasteiger partial charge in [-0.3, -0.25) is 9.69 Å². The molecule has 1 fully saturated rings. The lowest BCUT2D eigenvalue weighted by Crippen LogP contribution is -2.30. The number of carbonyl (C=O) groups excluding carboxylic acids is 2. The first-order chi connectivity index (χ1) is 14.5. The van der Waals surface area contributed by atoms with E-state index in [1.54, 1.807) is 36.0 Å². The number of hydrogen-bond donors (Lipinski definition) is 1. The summed E-state index contributed by atoms with van der Waals surface area (Å²) in [6.07, 6.45) is 1.63. The van der Waals surface area contributed by atoms with Crippen molar-refractivity contribution in [3.05, 3.63) is 101 Å². The van der Waals surface area contributed by atoms with E-state index in [0.29, 0.717) is 5.56 Å². The van der Waals surface area contributed by atoms with Crippen LogP contribution in [-0.4, -0.2) is 16.8 Å². The van der Waals surface area contributed by atoms with E-state index in [2.05, 4.69) is 36.5 Å². The van der Waals surface area contributed by atoms with Gasteiger partial charge in [0.2, 0.25) is 0 Å². The van der Waals surface area contributed by atoms with Gasteiger partial charge in [-0.05, 0) is 48.9 Å². The largest absolute Gasteiger partial charge is 0.329 e. The zero-order chi connectivity index (χ0) is 21.1. The summed E-state index contributed by atoms with van der Waals surface area (Å²) in [5.74, 6) is -0.918. The van der Waals surface area contributed by atoms with Crippen LogP contribution in [0.4, 0.5) is 9.18 Å². The minimum atomic E-state index is -0.555. The van der Waals surface area contributed by atoms with Crippen LogP contribution in [0.1, 0.15) is 16.7 Å². The molecule has 4 rings (SSSR count). The molecule has 1 saturated heterocycles. The van der Waals surface area contributed by atoms with Crippen molar-refractivity contribution >= 4 is 29.8 Å². The van der Waals surface area contributed by atoms with Crippen molar-refractivity contribution in [3.63, 3.8) is 0 Å². The van der Waals surface area contributed by atoms with Crippen molar-refractivity contribution in [1.82, 2.24) is 10.2 Å². The molecule has 150 valence electrons. The number of rotatable bonds is 5. The van der Waals surface area contributed by atoms with Crippen LogP contribution in [0, 0.1) is 12.7 Å². The second kappa shape index (κ2) is 8.55. The van der Waals surface area contributed by atoms with E-state index in [4.69, 9.17) is 0 Å². The third-order valence-electron chi connectivity index (χ3n) is 4.70. The number of carbonyl (C=O) groups is 2. The average molecular weight is 418 g/mol. The SMILES string of the molecule is Cc1ccc(Sc2ccc(/C=C3\NC(=O)N(Cc4ccccc4F)C3=O)cc2)cc1. The van der Waals surface area contributed by atoms with Gasteiger partial charge >= 0.3 is 6.03 Å². The molecule has 0 atom stereocenters. The number of halogens is 1. The van der Waals surface area contributed by atoms with Crippen molar-refractivity contribution in [2.75, 3.05) is 0 Å². The molecule has 1 aliphatic rings. The molecule has 0 saturated carbocycles. The topological polar surface area (TPSA) is 49.4 Å². The van der Waals surface area contributed by atoms with Gasteiger partial charge in [-0.1, -0.05) is 59.8 Å². The Hall–Kier alpha value is -3.38. The van der Waals surface area contributed by atoms with E-state index in [-0.39, 0.29) is 12.2 Å². The highest BCUT2D eigenvalue weighted by molar-refractivity contribution is 7.99. The highest BCUT2D eigenvalue weighted by atomic mass is 32.2. The molecule has 3 amide bonds. The van der Waals surface area contributed by atoms with Gasteiger partial charge < -0.3 is 5.32 Å². The standard InChI is InChI=1S/C24H19FN2O2S/c1-16-6-10-19(11-7-16)30-20-12-8-17(9-13-20)14-22-23(28)27(24(29)26-22)15-18-4-2-3-5-21(18)25/h2-14H,15H2,1H3,(H,26,29)/b22-14-. The van der Waals surface area contributed by atoms with Gasteiger partial charge in [0, 0.05) is 15.4 Å². The van der Waals surface area contributed by atoms with E-state index < -0.39 is 17.8 Å². The highest BCUT2D eigenvalue weighted by Gasteiger charge is 2.33. The number of benzene rings is 3. The molecule has 0 radical (unpaired) electrons. The lowest BCUT2D eigenvalue weighted by Gasteiger charge is -2.12. The Kier molecular flexibility index (Phi) is 5.68. The van der Waals surface area contributed by atoms with E-state index >= 15 is 0 Å². The quantitative estimate of drug-likeness (QED) is 0.447. The molecule has 3 aromatic carbocycles. The molecule has 3 aromatic rings. The Bertz CT molecular complexity index is 1120. The Morgan fingerprint density at radius 2 is 1.57 bits per heavy atom. The number of nitrogens with zero attached hydrogens (tertiary/aromatic N) is 1. The summed E-state index contributed by atoms with van der Waals surface area (Å²) in [5, 5.41) is 2.57. The molecule has 0 unspecified atom stereocenters. The van der Waals surface area contributed by atoms with Crippen LogP contribution in [0.25, 0.3) is 6.08 Å². The number of urea groups is 1. The molecule has 6 heteroatoms. The maximum absolute atomic E-state index is 13.9. The van der Waals surface area contributed by atoms with Crippen molar-refractivity contribution in [1.29, 1.82) is 0 Å². The first-order valence-corrected chi connectivity index (χ1v) is 10.2. The monoisotopic (exact) mass is 418 g/mol. The summed E-state index contributed by atoms with van der Waals surface area (Å²) in [6.45, 7) is 1.94. The van der Waals surface area contributed by atoms with E-state index in [1.807, 2.05) is 24.3 Å². The van der Waals surface area contributed by atoms with Gasteiger partial charge in [-0.15, -0.1) is 0 Å². The highest BCUT2D eigenvalue weighted by Crippen LogP contribution is 2.28. The van der Waals surface area contributed by atoms with Crippen LogP contribution < -0.4 is 5.32 Å². The second-order valence-electron chi connectivity index (χ2n) is 6.96. The van der Waals surface area contributed by atoms with Crippen molar-refractivity contribution in [2.45, 2.75) is 23.3 Å². The van der Waals surface area contributed by atoms with Crippen LogP contribution in [0.2, 0.25) is 0 Å². The molecule has 0 aliphatic carbocycles. The second-order valence-corrected chi connectivity index (χ2v) is 8.10. The summed E-state index contributed by atoms with van der Waals surface area (Å²) in [5.41, 5.74) is 2.48. The van der Waals surface area contributed by atoms with Crippen LogP contribution >= 0.6 is 11.8 Å². The van der Waals surface area contributed by atoms with Crippen molar-refractivity contribution in [3.8, 4) is 0 Å². The number of amides is 3. The summed E-state index contributed by atoms with van der Waals surface area (Å²) >= 11 is 1.65. The lowest BCUT2D eigenvalue weighted by atomic mass is 10.2. The molecule has 0 bridgehead atoms. The molecular formula is C24H19FN2O2S. The summed E-state index contributed by atoms with van der Waals surface area (Å²) < 4.78 is 13.9. The van der Waals surface area contributed by atoms with E-state index in [0.717, 1.165) is 20.3 Å². The Morgan fingerprint density at radius 1 is 0.933 bits per heavy atom. The molecule has 4 nitrogen and oxygen atoms in total. The van der Waals surface area contributed by atoms with Crippen molar-refractivity contribution in [2.24, 2.45) is 0 Å². The fraction of sp³-hybridized carbons (Fsp3) is 0.0833. The third kappa shape index (κ3) is 4.44. The molecule has 0 spiro atoms. The molecule has 1 N–H and O–H groups in total. The molecule has 0 aromatic heterocycles. The summed E-state index contributed by atoms with van der Waals surface area (Å²) in [7, 11) is 0. The number of imide groups is 1. The molecule has 1 heterocycles. The zero-order valence-corrected chi connectivity index (χ0v) is 17.1. The van der Waals surface area contributed by atoms with Crippen LogP contribution in [-0.2, 0) is 11.3 Å². The van der Waals surface area contributed by atoms with Crippen LogP contribution in [0.3, 0.4) is 0 Å². The molecular weight excluding hydrogens is 399 g/mol. The maximum Gasteiger partial charge on any atom is 0.329 e. The van der Waals surface area contributed by atoms with Gasteiger partial charge in [0.25, 0.3) is 5.91 Å². The third-order valence-corrected chi connectivity index (χ3v) is 5.71. The average Bonchev–Trinajstić information content (AvgIpc) is 3.00. The predicted molar refractivity (Wildman–Crippen MR) is 115 cm³/mol. The maximum atomic E-state index is 13.9. The fourth-order valence-electron chi connectivity index (χ4n) is 3.05. The normalized spacial score (nSPS) is 15.0.